The number of hydrogen-bond acceptors (Lipinski definition) is 2. The number of aliphatic hydroxyl groups excluding tert-OH is 1. The Balaban J connectivity index is 2.26. The van der Waals surface area contributed by atoms with Crippen molar-refractivity contribution in [1.29, 1.82) is 0 Å². The van der Waals surface area contributed by atoms with Crippen LogP contribution in [0.15, 0.2) is 12.2 Å². The molecule has 70 valence electrons. The third kappa shape index (κ3) is 2.61. The molecule has 0 amide bonds. The summed E-state index contributed by atoms with van der Waals surface area (Å²) in [6.07, 6.45) is 3.46. The molecule has 1 heterocycles. The molecule has 1 unspecified atom stereocenters. The van der Waals surface area contributed by atoms with Gasteiger partial charge in [-0.2, -0.15) is 0 Å². The summed E-state index contributed by atoms with van der Waals surface area (Å²) in [5.41, 5.74) is 1.23. The van der Waals surface area contributed by atoms with Crippen molar-refractivity contribution in [2.45, 2.75) is 32.2 Å². The van der Waals surface area contributed by atoms with Crippen LogP contribution in [0.5, 0.6) is 0 Å². The first kappa shape index (κ1) is 9.75. The Morgan fingerprint density at radius 1 is 1.67 bits per heavy atom. The van der Waals surface area contributed by atoms with E-state index in [0.717, 1.165) is 25.9 Å². The minimum absolute atomic E-state index is 0.316. The Kier molecular flexibility index (Phi) is 3.76. The van der Waals surface area contributed by atoms with E-state index >= 15 is 0 Å². The van der Waals surface area contributed by atoms with E-state index in [2.05, 4.69) is 18.4 Å². The molecule has 0 spiro atoms. The van der Waals surface area contributed by atoms with Crippen molar-refractivity contribution in [3.8, 4) is 0 Å². The van der Waals surface area contributed by atoms with E-state index in [9.17, 15) is 0 Å². The minimum atomic E-state index is 0.316. The normalized spacial score (nSPS) is 24.7. The maximum absolute atomic E-state index is 9.04. The van der Waals surface area contributed by atoms with E-state index in [0.29, 0.717) is 12.6 Å². The molecular weight excluding hydrogens is 150 g/mol. The van der Waals surface area contributed by atoms with Gasteiger partial charge in [-0.1, -0.05) is 5.57 Å². The zero-order chi connectivity index (χ0) is 8.97. The van der Waals surface area contributed by atoms with Crippen LogP contribution < -0.4 is 0 Å². The molecule has 1 atom stereocenters. The second-order valence-corrected chi connectivity index (χ2v) is 3.72. The average molecular weight is 169 g/mol. The van der Waals surface area contributed by atoms with Crippen LogP contribution >= 0.6 is 0 Å². The third-order valence-corrected chi connectivity index (χ3v) is 2.54. The molecule has 1 aliphatic heterocycles. The Bertz CT molecular complexity index is 156. The first-order valence-corrected chi connectivity index (χ1v) is 4.73. The minimum Gasteiger partial charge on any atom is -0.395 e. The van der Waals surface area contributed by atoms with Gasteiger partial charge in [-0.05, 0) is 32.7 Å². The molecule has 1 rings (SSSR count). The molecular formula is C10H19NO. The second-order valence-electron chi connectivity index (χ2n) is 3.72. The predicted octanol–water partition coefficient (Wildman–Crippen LogP) is 1.41. The largest absolute Gasteiger partial charge is 0.395 e. The number of rotatable bonds is 4. The van der Waals surface area contributed by atoms with Crippen LogP contribution in [0.3, 0.4) is 0 Å². The summed E-state index contributed by atoms with van der Waals surface area (Å²) < 4.78 is 0. The van der Waals surface area contributed by atoms with Gasteiger partial charge in [0.15, 0.2) is 0 Å². The van der Waals surface area contributed by atoms with Crippen molar-refractivity contribution < 1.29 is 5.11 Å². The van der Waals surface area contributed by atoms with Gasteiger partial charge < -0.3 is 5.11 Å². The molecule has 0 aromatic heterocycles. The molecule has 0 radical (unpaired) electrons. The van der Waals surface area contributed by atoms with Gasteiger partial charge in [0.2, 0.25) is 0 Å². The van der Waals surface area contributed by atoms with Crippen molar-refractivity contribution in [2.24, 2.45) is 0 Å². The lowest BCUT2D eigenvalue weighted by Gasteiger charge is -2.22. The van der Waals surface area contributed by atoms with Gasteiger partial charge in [0.05, 0.1) is 6.61 Å². The number of likely N-dealkylation sites (tertiary alicyclic amines) is 1. The van der Waals surface area contributed by atoms with Crippen molar-refractivity contribution in [3.63, 3.8) is 0 Å². The number of nitrogens with zero attached hydrogens (tertiary/aromatic N) is 1. The lowest BCUT2D eigenvalue weighted by atomic mass is 10.2. The van der Waals surface area contributed by atoms with Crippen LogP contribution in [-0.2, 0) is 0 Å². The van der Waals surface area contributed by atoms with Crippen LogP contribution in [0.1, 0.15) is 26.2 Å². The fourth-order valence-corrected chi connectivity index (χ4v) is 1.73. The molecule has 2 heteroatoms. The summed E-state index contributed by atoms with van der Waals surface area (Å²) in [6.45, 7) is 8.47. The molecule has 1 N–H and O–H groups in total. The van der Waals surface area contributed by atoms with Gasteiger partial charge in [0.25, 0.3) is 0 Å². The highest BCUT2D eigenvalue weighted by Crippen LogP contribution is 2.17. The average Bonchev–Trinajstić information content (AvgIpc) is 2.47. The van der Waals surface area contributed by atoms with E-state index in [1.54, 1.807) is 0 Å². The molecule has 0 aromatic rings. The van der Waals surface area contributed by atoms with Gasteiger partial charge in [0, 0.05) is 12.6 Å². The van der Waals surface area contributed by atoms with E-state index in [1.807, 2.05) is 0 Å². The SMILES string of the molecule is C=C(C)CCN1CCCC1CO. The van der Waals surface area contributed by atoms with E-state index in [1.165, 1.54) is 12.0 Å². The predicted molar refractivity (Wildman–Crippen MR) is 51.1 cm³/mol. The van der Waals surface area contributed by atoms with Gasteiger partial charge in [-0.3, -0.25) is 4.90 Å². The van der Waals surface area contributed by atoms with Crippen LogP contribution in [-0.4, -0.2) is 35.7 Å². The first-order chi connectivity index (χ1) is 5.74. The summed E-state index contributed by atoms with van der Waals surface area (Å²) in [6, 6.07) is 0.421. The fraction of sp³-hybridized carbons (Fsp3) is 0.800. The zero-order valence-corrected chi connectivity index (χ0v) is 7.92. The summed E-state index contributed by atoms with van der Waals surface area (Å²) in [7, 11) is 0. The lowest BCUT2D eigenvalue weighted by Crippen LogP contribution is -2.33. The number of aliphatic hydroxyl groups is 1. The quantitative estimate of drug-likeness (QED) is 0.643. The molecule has 0 saturated carbocycles. The van der Waals surface area contributed by atoms with Gasteiger partial charge in [-0.25, -0.2) is 0 Å². The van der Waals surface area contributed by atoms with Crippen molar-refractivity contribution >= 4 is 0 Å². The third-order valence-electron chi connectivity index (χ3n) is 2.54. The number of hydrogen-bond donors (Lipinski definition) is 1. The summed E-state index contributed by atoms with van der Waals surface area (Å²) in [5.74, 6) is 0. The van der Waals surface area contributed by atoms with Crippen LogP contribution in [0.2, 0.25) is 0 Å². The van der Waals surface area contributed by atoms with Crippen LogP contribution in [0.4, 0.5) is 0 Å². The van der Waals surface area contributed by atoms with Crippen molar-refractivity contribution in [3.05, 3.63) is 12.2 Å². The molecule has 1 fully saturated rings. The highest BCUT2D eigenvalue weighted by molar-refractivity contribution is 4.90. The first-order valence-electron chi connectivity index (χ1n) is 4.73. The molecule has 2 nitrogen and oxygen atoms in total. The molecule has 0 bridgehead atoms. The Morgan fingerprint density at radius 3 is 3.00 bits per heavy atom. The molecule has 0 aliphatic carbocycles. The highest BCUT2D eigenvalue weighted by atomic mass is 16.3. The summed E-state index contributed by atoms with van der Waals surface area (Å²) in [5, 5.41) is 9.04. The van der Waals surface area contributed by atoms with E-state index in [4.69, 9.17) is 5.11 Å². The van der Waals surface area contributed by atoms with Gasteiger partial charge in [-0.15, -0.1) is 6.58 Å². The summed E-state index contributed by atoms with van der Waals surface area (Å²) in [4.78, 5) is 2.37. The molecule has 1 saturated heterocycles. The smallest absolute Gasteiger partial charge is 0.0586 e. The lowest BCUT2D eigenvalue weighted by molar-refractivity contribution is 0.160. The molecule has 12 heavy (non-hydrogen) atoms. The zero-order valence-electron chi connectivity index (χ0n) is 7.92. The maximum Gasteiger partial charge on any atom is 0.0586 e. The van der Waals surface area contributed by atoms with E-state index in [-0.39, 0.29) is 0 Å². The molecule has 0 aromatic carbocycles. The topological polar surface area (TPSA) is 23.5 Å². The van der Waals surface area contributed by atoms with Gasteiger partial charge >= 0.3 is 0 Å². The van der Waals surface area contributed by atoms with Crippen molar-refractivity contribution in [1.82, 2.24) is 4.90 Å². The second kappa shape index (κ2) is 4.63. The Labute approximate surface area is 74.9 Å². The van der Waals surface area contributed by atoms with Crippen LogP contribution in [0, 0.1) is 0 Å². The molecule has 1 aliphatic rings. The Morgan fingerprint density at radius 2 is 2.42 bits per heavy atom. The van der Waals surface area contributed by atoms with Gasteiger partial charge in [0.1, 0.15) is 0 Å². The van der Waals surface area contributed by atoms with E-state index < -0.39 is 0 Å². The Hall–Kier alpha value is -0.340. The van der Waals surface area contributed by atoms with Crippen LogP contribution in [0.25, 0.3) is 0 Å². The fourth-order valence-electron chi connectivity index (χ4n) is 1.73. The maximum atomic E-state index is 9.04. The monoisotopic (exact) mass is 169 g/mol. The summed E-state index contributed by atoms with van der Waals surface area (Å²) >= 11 is 0. The standard InChI is InChI=1S/C10H19NO/c1-9(2)5-7-11-6-3-4-10(11)8-12/h10,12H,1,3-8H2,2H3. The van der Waals surface area contributed by atoms with Crippen molar-refractivity contribution in [2.75, 3.05) is 19.7 Å². The highest BCUT2D eigenvalue weighted by Gasteiger charge is 2.22.